The highest BCUT2D eigenvalue weighted by atomic mass is 32.1. The van der Waals surface area contributed by atoms with E-state index in [2.05, 4.69) is 10.4 Å². The van der Waals surface area contributed by atoms with Crippen LogP contribution in [0.5, 0.6) is 0 Å². The van der Waals surface area contributed by atoms with Crippen LogP contribution in [0, 0.1) is 5.92 Å². The minimum absolute atomic E-state index is 0.0189. The SMILES string of the molecule is O=C(c1csc(-c2ccsc2)n1)N1CCCC(C2OCCO2)C1. The van der Waals surface area contributed by atoms with Gasteiger partial charge < -0.3 is 14.4 Å². The number of hydrogen-bond acceptors (Lipinski definition) is 6. The van der Waals surface area contributed by atoms with Crippen LogP contribution in [0.4, 0.5) is 0 Å². The molecule has 0 saturated carbocycles. The Morgan fingerprint density at radius 3 is 2.96 bits per heavy atom. The zero-order valence-corrected chi connectivity index (χ0v) is 14.3. The van der Waals surface area contributed by atoms with Gasteiger partial charge in [-0.05, 0) is 24.3 Å². The molecular formula is C16H18N2O3S2. The first-order valence-corrected chi connectivity index (χ1v) is 9.64. The Labute approximate surface area is 142 Å². The second kappa shape index (κ2) is 6.68. The fourth-order valence-corrected chi connectivity index (χ4v) is 4.62. The van der Waals surface area contributed by atoms with Crippen molar-refractivity contribution in [1.29, 1.82) is 0 Å². The van der Waals surface area contributed by atoms with Crippen molar-refractivity contribution in [3.63, 3.8) is 0 Å². The van der Waals surface area contributed by atoms with Crippen LogP contribution in [0.3, 0.4) is 0 Å². The van der Waals surface area contributed by atoms with Gasteiger partial charge >= 0.3 is 0 Å². The molecule has 23 heavy (non-hydrogen) atoms. The molecule has 5 nitrogen and oxygen atoms in total. The Bertz CT molecular complexity index is 665. The molecule has 2 aromatic heterocycles. The Morgan fingerprint density at radius 1 is 1.30 bits per heavy atom. The number of carbonyl (C=O) groups is 1. The number of carbonyl (C=O) groups excluding carboxylic acids is 1. The Morgan fingerprint density at radius 2 is 2.17 bits per heavy atom. The fraction of sp³-hybridized carbons (Fsp3) is 0.500. The molecule has 4 rings (SSSR count). The maximum Gasteiger partial charge on any atom is 0.273 e. The lowest BCUT2D eigenvalue weighted by Gasteiger charge is -2.34. The van der Waals surface area contributed by atoms with Gasteiger partial charge in [-0.2, -0.15) is 11.3 Å². The zero-order valence-electron chi connectivity index (χ0n) is 12.6. The van der Waals surface area contributed by atoms with Crippen molar-refractivity contribution >= 4 is 28.6 Å². The molecule has 2 aliphatic heterocycles. The third kappa shape index (κ3) is 3.19. The van der Waals surface area contributed by atoms with Crippen LogP contribution in [0.1, 0.15) is 23.3 Å². The van der Waals surface area contributed by atoms with Gasteiger partial charge in [0, 0.05) is 35.3 Å². The van der Waals surface area contributed by atoms with E-state index in [-0.39, 0.29) is 18.1 Å². The average Bonchev–Trinajstić information content (AvgIpc) is 3.36. The number of piperidine rings is 1. The summed E-state index contributed by atoms with van der Waals surface area (Å²) in [6.07, 6.45) is 1.88. The summed E-state index contributed by atoms with van der Waals surface area (Å²) in [6, 6.07) is 2.03. The Balaban J connectivity index is 1.45. The van der Waals surface area contributed by atoms with Crippen molar-refractivity contribution in [2.75, 3.05) is 26.3 Å². The number of hydrogen-bond donors (Lipinski definition) is 0. The van der Waals surface area contributed by atoms with Gasteiger partial charge in [-0.15, -0.1) is 11.3 Å². The van der Waals surface area contributed by atoms with Gasteiger partial charge in [-0.3, -0.25) is 4.79 Å². The summed E-state index contributed by atoms with van der Waals surface area (Å²) in [4.78, 5) is 19.2. The van der Waals surface area contributed by atoms with Crippen molar-refractivity contribution in [1.82, 2.24) is 9.88 Å². The predicted molar refractivity (Wildman–Crippen MR) is 89.7 cm³/mol. The molecule has 2 aliphatic rings. The van der Waals surface area contributed by atoms with E-state index >= 15 is 0 Å². The molecule has 0 bridgehead atoms. The molecule has 122 valence electrons. The first-order chi connectivity index (χ1) is 11.3. The minimum Gasteiger partial charge on any atom is -0.350 e. The lowest BCUT2D eigenvalue weighted by Crippen LogP contribution is -2.43. The molecule has 0 N–H and O–H groups in total. The van der Waals surface area contributed by atoms with Crippen LogP contribution in [0.2, 0.25) is 0 Å². The number of amides is 1. The van der Waals surface area contributed by atoms with Crippen molar-refractivity contribution in [3.05, 3.63) is 27.9 Å². The standard InChI is InChI=1S/C16H18N2O3S2/c19-15(13-10-23-14(17-13)12-3-7-22-9-12)18-4-1-2-11(8-18)16-20-5-6-21-16/h3,7,9-11,16H,1-2,4-6,8H2. The first kappa shape index (κ1) is 15.3. The summed E-state index contributed by atoms with van der Waals surface area (Å²) in [5.74, 6) is 0.288. The number of rotatable bonds is 3. The number of thiophene rings is 1. The molecule has 2 aromatic rings. The second-order valence-electron chi connectivity index (χ2n) is 5.81. The third-order valence-electron chi connectivity index (χ3n) is 4.27. The molecule has 0 radical (unpaired) electrons. The van der Waals surface area contributed by atoms with Crippen molar-refractivity contribution in [2.45, 2.75) is 19.1 Å². The summed E-state index contributed by atoms with van der Waals surface area (Å²) in [7, 11) is 0. The minimum atomic E-state index is -0.151. The summed E-state index contributed by atoms with van der Waals surface area (Å²) >= 11 is 3.16. The van der Waals surface area contributed by atoms with E-state index in [0.717, 1.165) is 30.0 Å². The van der Waals surface area contributed by atoms with Gasteiger partial charge in [0.15, 0.2) is 6.29 Å². The van der Waals surface area contributed by atoms with Crippen LogP contribution < -0.4 is 0 Å². The van der Waals surface area contributed by atoms with Crippen LogP contribution in [-0.2, 0) is 9.47 Å². The Hall–Kier alpha value is -1.28. The number of nitrogens with zero attached hydrogens (tertiary/aromatic N) is 2. The Kier molecular flexibility index (Phi) is 4.43. The average molecular weight is 350 g/mol. The molecule has 2 fully saturated rings. The quantitative estimate of drug-likeness (QED) is 0.853. The third-order valence-corrected chi connectivity index (χ3v) is 5.84. The van der Waals surface area contributed by atoms with Gasteiger partial charge in [0.05, 0.1) is 13.2 Å². The monoisotopic (exact) mass is 350 g/mol. The number of ether oxygens (including phenoxy) is 2. The van der Waals surface area contributed by atoms with Crippen molar-refractivity contribution in [2.24, 2.45) is 5.92 Å². The van der Waals surface area contributed by atoms with E-state index in [4.69, 9.17) is 9.47 Å². The van der Waals surface area contributed by atoms with Gasteiger partial charge in [-0.1, -0.05) is 0 Å². The number of thiazole rings is 1. The smallest absolute Gasteiger partial charge is 0.273 e. The predicted octanol–water partition coefficient (Wildman–Crippen LogP) is 3.10. The van der Waals surface area contributed by atoms with E-state index in [0.29, 0.717) is 25.5 Å². The topological polar surface area (TPSA) is 51.7 Å². The van der Waals surface area contributed by atoms with Crippen LogP contribution in [-0.4, -0.2) is 48.4 Å². The summed E-state index contributed by atoms with van der Waals surface area (Å²) in [5, 5.41) is 6.85. The lowest BCUT2D eigenvalue weighted by molar-refractivity contribution is -0.0969. The van der Waals surface area contributed by atoms with Gasteiger partial charge in [0.1, 0.15) is 10.7 Å². The summed E-state index contributed by atoms with van der Waals surface area (Å²) in [6.45, 7) is 2.79. The summed E-state index contributed by atoms with van der Waals surface area (Å²) < 4.78 is 11.2. The molecule has 2 saturated heterocycles. The molecule has 1 unspecified atom stereocenters. The van der Waals surface area contributed by atoms with E-state index in [1.807, 2.05) is 21.7 Å². The van der Waals surface area contributed by atoms with Crippen molar-refractivity contribution in [3.8, 4) is 10.6 Å². The highest BCUT2D eigenvalue weighted by Crippen LogP contribution is 2.28. The maximum absolute atomic E-state index is 12.7. The lowest BCUT2D eigenvalue weighted by atomic mass is 9.97. The van der Waals surface area contributed by atoms with Crippen LogP contribution in [0.25, 0.3) is 10.6 Å². The zero-order chi connectivity index (χ0) is 15.6. The molecule has 1 amide bonds. The molecule has 4 heterocycles. The highest BCUT2D eigenvalue weighted by Gasteiger charge is 2.33. The molecular weight excluding hydrogens is 332 g/mol. The molecule has 0 aromatic carbocycles. The molecule has 7 heteroatoms. The normalized spacial score (nSPS) is 22.6. The number of aromatic nitrogens is 1. The van der Waals surface area contributed by atoms with E-state index in [1.54, 1.807) is 11.3 Å². The fourth-order valence-electron chi connectivity index (χ4n) is 3.12. The van der Waals surface area contributed by atoms with Gasteiger partial charge in [-0.25, -0.2) is 4.98 Å². The van der Waals surface area contributed by atoms with Gasteiger partial charge in [0.2, 0.25) is 0 Å². The second-order valence-corrected chi connectivity index (χ2v) is 7.45. The van der Waals surface area contributed by atoms with E-state index in [1.165, 1.54) is 11.3 Å². The van der Waals surface area contributed by atoms with Crippen LogP contribution >= 0.6 is 22.7 Å². The molecule has 0 spiro atoms. The van der Waals surface area contributed by atoms with Crippen molar-refractivity contribution < 1.29 is 14.3 Å². The largest absolute Gasteiger partial charge is 0.350 e. The van der Waals surface area contributed by atoms with E-state index < -0.39 is 0 Å². The van der Waals surface area contributed by atoms with Crippen LogP contribution in [0.15, 0.2) is 22.2 Å². The van der Waals surface area contributed by atoms with Gasteiger partial charge in [0.25, 0.3) is 5.91 Å². The van der Waals surface area contributed by atoms with E-state index in [9.17, 15) is 4.79 Å². The maximum atomic E-state index is 12.7. The molecule has 1 atom stereocenters. The first-order valence-electron chi connectivity index (χ1n) is 7.82. The summed E-state index contributed by atoms with van der Waals surface area (Å²) in [5.41, 5.74) is 1.63. The molecule has 0 aliphatic carbocycles. The number of likely N-dealkylation sites (tertiary alicyclic amines) is 1. The highest BCUT2D eigenvalue weighted by molar-refractivity contribution is 7.14.